The van der Waals surface area contributed by atoms with Gasteiger partial charge < -0.3 is 15.5 Å². The number of hydrogen-bond acceptors (Lipinski definition) is 2. The van der Waals surface area contributed by atoms with Crippen molar-refractivity contribution in [1.82, 2.24) is 4.90 Å². The molecule has 1 saturated heterocycles. The maximum atomic E-state index is 13.8. The van der Waals surface area contributed by atoms with Crippen LogP contribution in [0.1, 0.15) is 25.3 Å². The SMILES string of the molecule is Cc1ccc(NC(=O)N2CCC([C@H](C)C(=O)Nc3ccc(F)cc3F)CC2)cc1. The molecule has 3 rings (SSSR count). The molecule has 29 heavy (non-hydrogen) atoms. The Labute approximate surface area is 169 Å². The summed E-state index contributed by atoms with van der Waals surface area (Å²) in [5.74, 6) is -2.06. The van der Waals surface area contributed by atoms with Crippen LogP contribution in [0.4, 0.5) is 25.0 Å². The highest BCUT2D eigenvalue weighted by Crippen LogP contribution is 2.27. The summed E-state index contributed by atoms with van der Waals surface area (Å²) < 4.78 is 26.8. The second kappa shape index (κ2) is 9.03. The van der Waals surface area contributed by atoms with Crippen LogP contribution in [0.15, 0.2) is 42.5 Å². The molecule has 2 aromatic rings. The standard InChI is InChI=1S/C22H25F2N3O2/c1-14-3-6-18(7-4-14)25-22(29)27-11-9-16(10-12-27)15(2)21(28)26-20-8-5-17(23)13-19(20)24/h3-8,13,15-16H,9-12H2,1-2H3,(H,25,29)(H,26,28)/t15-/m0/s1. The lowest BCUT2D eigenvalue weighted by molar-refractivity contribution is -0.121. The zero-order valence-electron chi connectivity index (χ0n) is 16.5. The van der Waals surface area contributed by atoms with Gasteiger partial charge in [0.2, 0.25) is 5.91 Å². The summed E-state index contributed by atoms with van der Waals surface area (Å²) in [7, 11) is 0. The summed E-state index contributed by atoms with van der Waals surface area (Å²) in [5, 5.41) is 5.42. The minimum Gasteiger partial charge on any atom is -0.325 e. The van der Waals surface area contributed by atoms with Crippen LogP contribution < -0.4 is 10.6 Å². The molecule has 0 radical (unpaired) electrons. The number of halogens is 2. The molecule has 1 aliphatic rings. The Bertz CT molecular complexity index is 878. The normalized spacial score (nSPS) is 15.7. The van der Waals surface area contributed by atoms with E-state index < -0.39 is 11.6 Å². The number of likely N-dealkylation sites (tertiary alicyclic amines) is 1. The van der Waals surface area contributed by atoms with Gasteiger partial charge in [-0.05, 0) is 49.9 Å². The Hall–Kier alpha value is -2.96. The van der Waals surface area contributed by atoms with Crippen molar-refractivity contribution in [2.24, 2.45) is 11.8 Å². The van der Waals surface area contributed by atoms with Gasteiger partial charge in [0, 0.05) is 30.8 Å². The molecule has 7 heteroatoms. The van der Waals surface area contributed by atoms with E-state index in [0.29, 0.717) is 25.9 Å². The lowest BCUT2D eigenvalue weighted by Crippen LogP contribution is -2.43. The zero-order valence-corrected chi connectivity index (χ0v) is 16.5. The average Bonchev–Trinajstić information content (AvgIpc) is 2.71. The van der Waals surface area contributed by atoms with Gasteiger partial charge in [0.1, 0.15) is 11.6 Å². The smallest absolute Gasteiger partial charge is 0.321 e. The highest BCUT2D eigenvalue weighted by atomic mass is 19.1. The number of carbonyl (C=O) groups is 2. The van der Waals surface area contributed by atoms with Crippen LogP contribution in [0, 0.1) is 30.4 Å². The summed E-state index contributed by atoms with van der Waals surface area (Å²) in [6, 6.07) is 10.5. The molecule has 2 N–H and O–H groups in total. The third kappa shape index (κ3) is 5.31. The summed E-state index contributed by atoms with van der Waals surface area (Å²) >= 11 is 0. The highest BCUT2D eigenvalue weighted by Gasteiger charge is 2.30. The van der Waals surface area contributed by atoms with E-state index in [9.17, 15) is 18.4 Å². The van der Waals surface area contributed by atoms with Crippen molar-refractivity contribution in [3.8, 4) is 0 Å². The van der Waals surface area contributed by atoms with E-state index in [0.717, 1.165) is 23.4 Å². The third-order valence-corrected chi connectivity index (χ3v) is 5.44. The molecular weight excluding hydrogens is 376 g/mol. The molecule has 0 unspecified atom stereocenters. The monoisotopic (exact) mass is 401 g/mol. The Balaban J connectivity index is 1.50. The van der Waals surface area contributed by atoms with E-state index >= 15 is 0 Å². The Morgan fingerprint density at radius 1 is 1.03 bits per heavy atom. The van der Waals surface area contributed by atoms with E-state index in [4.69, 9.17) is 0 Å². The van der Waals surface area contributed by atoms with E-state index in [1.54, 1.807) is 11.8 Å². The van der Waals surface area contributed by atoms with Crippen LogP contribution in [0.3, 0.4) is 0 Å². The number of amides is 3. The van der Waals surface area contributed by atoms with E-state index in [1.165, 1.54) is 6.07 Å². The van der Waals surface area contributed by atoms with Crippen LogP contribution in [-0.2, 0) is 4.79 Å². The van der Waals surface area contributed by atoms with Crippen molar-refractivity contribution >= 4 is 23.3 Å². The van der Waals surface area contributed by atoms with Crippen molar-refractivity contribution in [3.63, 3.8) is 0 Å². The van der Waals surface area contributed by atoms with Gasteiger partial charge in [0.05, 0.1) is 5.69 Å². The first-order valence-electron chi connectivity index (χ1n) is 9.72. The van der Waals surface area contributed by atoms with Gasteiger partial charge in [-0.2, -0.15) is 0 Å². The second-order valence-electron chi connectivity index (χ2n) is 7.52. The lowest BCUT2D eigenvalue weighted by atomic mass is 9.85. The molecule has 2 aromatic carbocycles. The van der Waals surface area contributed by atoms with Crippen molar-refractivity contribution in [2.75, 3.05) is 23.7 Å². The number of aryl methyl sites for hydroxylation is 1. The molecule has 0 aliphatic carbocycles. The minimum absolute atomic E-state index is 0.0295. The van der Waals surface area contributed by atoms with Gasteiger partial charge in [-0.15, -0.1) is 0 Å². The molecular formula is C22H25F2N3O2. The van der Waals surface area contributed by atoms with Gasteiger partial charge in [0.25, 0.3) is 0 Å². The molecule has 0 spiro atoms. The first-order chi connectivity index (χ1) is 13.8. The molecule has 0 bridgehead atoms. The topological polar surface area (TPSA) is 61.4 Å². The van der Waals surface area contributed by atoms with Crippen LogP contribution in [0.5, 0.6) is 0 Å². The number of piperidine rings is 1. The van der Waals surface area contributed by atoms with Gasteiger partial charge in [-0.25, -0.2) is 13.6 Å². The number of rotatable bonds is 4. The molecule has 5 nitrogen and oxygen atoms in total. The van der Waals surface area contributed by atoms with Gasteiger partial charge in [0.15, 0.2) is 0 Å². The van der Waals surface area contributed by atoms with Crippen LogP contribution >= 0.6 is 0 Å². The van der Waals surface area contributed by atoms with Crippen molar-refractivity contribution in [1.29, 1.82) is 0 Å². The van der Waals surface area contributed by atoms with Crippen molar-refractivity contribution < 1.29 is 18.4 Å². The molecule has 3 amide bonds. The number of benzene rings is 2. The Kier molecular flexibility index (Phi) is 6.46. The fourth-order valence-electron chi connectivity index (χ4n) is 3.49. The molecule has 0 saturated carbocycles. The molecule has 1 fully saturated rings. The molecule has 1 atom stereocenters. The Morgan fingerprint density at radius 3 is 2.31 bits per heavy atom. The molecule has 154 valence electrons. The number of nitrogens with zero attached hydrogens (tertiary/aromatic N) is 1. The number of carbonyl (C=O) groups excluding carboxylic acids is 2. The average molecular weight is 401 g/mol. The van der Waals surface area contributed by atoms with Crippen LogP contribution in [0.2, 0.25) is 0 Å². The maximum Gasteiger partial charge on any atom is 0.321 e. The fraction of sp³-hybridized carbons (Fsp3) is 0.364. The third-order valence-electron chi connectivity index (χ3n) is 5.44. The Morgan fingerprint density at radius 2 is 1.69 bits per heavy atom. The maximum absolute atomic E-state index is 13.8. The van der Waals surface area contributed by atoms with Crippen LogP contribution in [-0.4, -0.2) is 29.9 Å². The molecule has 1 heterocycles. The van der Waals surface area contributed by atoms with E-state index in [2.05, 4.69) is 10.6 Å². The predicted octanol–water partition coefficient (Wildman–Crippen LogP) is 4.79. The summed E-state index contributed by atoms with van der Waals surface area (Å²) in [4.78, 5) is 26.6. The number of nitrogens with one attached hydrogen (secondary N) is 2. The summed E-state index contributed by atoms with van der Waals surface area (Å²) in [5.41, 5.74) is 1.84. The molecule has 0 aromatic heterocycles. The summed E-state index contributed by atoms with van der Waals surface area (Å²) in [6.45, 7) is 4.87. The largest absolute Gasteiger partial charge is 0.325 e. The lowest BCUT2D eigenvalue weighted by Gasteiger charge is -2.34. The highest BCUT2D eigenvalue weighted by molar-refractivity contribution is 5.92. The molecule has 1 aliphatic heterocycles. The van der Waals surface area contributed by atoms with Gasteiger partial charge >= 0.3 is 6.03 Å². The zero-order chi connectivity index (χ0) is 21.0. The number of anilines is 2. The van der Waals surface area contributed by atoms with Gasteiger partial charge in [-0.1, -0.05) is 24.6 Å². The second-order valence-corrected chi connectivity index (χ2v) is 7.52. The first kappa shape index (κ1) is 20.8. The number of urea groups is 1. The van der Waals surface area contributed by atoms with Gasteiger partial charge in [-0.3, -0.25) is 4.79 Å². The first-order valence-corrected chi connectivity index (χ1v) is 9.72. The van der Waals surface area contributed by atoms with Crippen LogP contribution in [0.25, 0.3) is 0 Å². The quantitative estimate of drug-likeness (QED) is 0.774. The van der Waals surface area contributed by atoms with E-state index in [1.807, 2.05) is 31.2 Å². The van der Waals surface area contributed by atoms with Crippen molar-refractivity contribution in [3.05, 3.63) is 59.7 Å². The fourth-order valence-corrected chi connectivity index (χ4v) is 3.49. The minimum atomic E-state index is -0.798. The number of hydrogen-bond donors (Lipinski definition) is 2. The van der Waals surface area contributed by atoms with E-state index in [-0.39, 0.29) is 29.5 Å². The predicted molar refractivity (Wildman–Crippen MR) is 109 cm³/mol. The summed E-state index contributed by atoms with van der Waals surface area (Å²) in [6.07, 6.45) is 1.36. The van der Waals surface area contributed by atoms with Crippen molar-refractivity contribution in [2.45, 2.75) is 26.7 Å².